The fraction of sp³-hybridized carbons (Fsp3) is 0. The number of hydrogen-bond donors (Lipinski definition) is 0. The van der Waals surface area contributed by atoms with Gasteiger partial charge in [-0.25, -0.2) is 0 Å². The highest BCUT2D eigenvalue weighted by Gasteiger charge is 1.98. The summed E-state index contributed by atoms with van der Waals surface area (Å²) in [6.45, 7) is 0. The first-order chi connectivity index (χ1) is 13.9. The standard InChI is InChI=1S/2C12H8N2/c2*1-3-9-7-12-10(4-2-6-14-12)8-11(9)13-5-1/h2*1-8H. The molecule has 6 aromatic rings. The zero-order valence-electron chi connectivity index (χ0n) is 15.0. The van der Waals surface area contributed by atoms with Crippen molar-refractivity contribution >= 4 is 43.6 Å². The molecule has 0 saturated heterocycles. The van der Waals surface area contributed by atoms with Gasteiger partial charge in [0.1, 0.15) is 0 Å². The van der Waals surface area contributed by atoms with Crippen LogP contribution in [-0.2, 0) is 0 Å². The summed E-state index contributed by atoms with van der Waals surface area (Å²) < 4.78 is 0. The van der Waals surface area contributed by atoms with E-state index < -0.39 is 0 Å². The Balaban J connectivity index is 0.000000122. The summed E-state index contributed by atoms with van der Waals surface area (Å²) in [6.07, 6.45) is 7.24. The molecule has 0 unspecified atom stereocenters. The maximum Gasteiger partial charge on any atom is 0.0709 e. The van der Waals surface area contributed by atoms with Gasteiger partial charge in [-0.05, 0) is 48.5 Å². The lowest BCUT2D eigenvalue weighted by molar-refractivity contribution is 1.39. The molecule has 6 rings (SSSR count). The first kappa shape index (κ1) is 16.3. The Morgan fingerprint density at radius 3 is 0.857 bits per heavy atom. The lowest BCUT2D eigenvalue weighted by atomic mass is 10.1. The highest BCUT2D eigenvalue weighted by molar-refractivity contribution is 5.95. The molecule has 0 fully saturated rings. The Morgan fingerprint density at radius 2 is 0.607 bits per heavy atom. The van der Waals surface area contributed by atoms with Gasteiger partial charge in [0.2, 0.25) is 0 Å². The lowest BCUT2D eigenvalue weighted by Gasteiger charge is -1.99. The van der Waals surface area contributed by atoms with Crippen molar-refractivity contribution in [2.45, 2.75) is 0 Å². The summed E-state index contributed by atoms with van der Waals surface area (Å²) in [4.78, 5) is 17.2. The highest BCUT2D eigenvalue weighted by Crippen LogP contribution is 2.19. The van der Waals surface area contributed by atoms with Gasteiger partial charge in [0.15, 0.2) is 0 Å². The minimum atomic E-state index is 1.02. The summed E-state index contributed by atoms with van der Waals surface area (Å²) >= 11 is 0. The Labute approximate surface area is 161 Å². The lowest BCUT2D eigenvalue weighted by Crippen LogP contribution is -1.81. The topological polar surface area (TPSA) is 51.6 Å². The summed E-state index contributed by atoms with van der Waals surface area (Å²) in [5, 5.41) is 4.55. The van der Waals surface area contributed by atoms with Crippen molar-refractivity contribution in [1.82, 2.24) is 19.9 Å². The molecular formula is C24H16N4. The Morgan fingerprint density at radius 1 is 0.357 bits per heavy atom. The quantitative estimate of drug-likeness (QED) is 0.333. The number of nitrogens with zero attached hydrogens (tertiary/aromatic N) is 4. The number of hydrogen-bond acceptors (Lipinski definition) is 4. The van der Waals surface area contributed by atoms with Crippen LogP contribution in [0.4, 0.5) is 0 Å². The van der Waals surface area contributed by atoms with E-state index in [1.165, 1.54) is 0 Å². The molecular weight excluding hydrogens is 344 g/mol. The number of fused-ring (bicyclic) bond motifs is 4. The van der Waals surface area contributed by atoms with Crippen LogP contribution in [-0.4, -0.2) is 19.9 Å². The molecule has 0 saturated carbocycles. The van der Waals surface area contributed by atoms with Crippen molar-refractivity contribution in [3.05, 3.63) is 97.6 Å². The molecule has 0 aliphatic carbocycles. The van der Waals surface area contributed by atoms with Gasteiger partial charge in [-0.3, -0.25) is 19.9 Å². The monoisotopic (exact) mass is 360 g/mol. The third kappa shape index (κ3) is 3.12. The van der Waals surface area contributed by atoms with Gasteiger partial charge in [-0.15, -0.1) is 0 Å². The third-order valence-electron chi connectivity index (χ3n) is 4.65. The molecule has 4 nitrogen and oxygen atoms in total. The largest absolute Gasteiger partial charge is 0.256 e. The smallest absolute Gasteiger partial charge is 0.0709 e. The second kappa shape index (κ2) is 7.00. The van der Waals surface area contributed by atoms with E-state index in [9.17, 15) is 0 Å². The van der Waals surface area contributed by atoms with Crippen LogP contribution in [0.1, 0.15) is 0 Å². The van der Waals surface area contributed by atoms with Crippen molar-refractivity contribution in [2.24, 2.45) is 0 Å². The second-order valence-electron chi connectivity index (χ2n) is 6.49. The van der Waals surface area contributed by atoms with Crippen molar-refractivity contribution < 1.29 is 0 Å². The molecule has 0 amide bonds. The maximum atomic E-state index is 4.30. The first-order valence-corrected chi connectivity index (χ1v) is 9.06. The highest BCUT2D eigenvalue weighted by atomic mass is 14.7. The van der Waals surface area contributed by atoms with Crippen molar-refractivity contribution in [2.75, 3.05) is 0 Å². The van der Waals surface area contributed by atoms with Crippen LogP contribution < -0.4 is 0 Å². The predicted octanol–water partition coefficient (Wildman–Crippen LogP) is 5.57. The normalized spacial score (nSPS) is 10.9. The van der Waals surface area contributed by atoms with Crippen LogP contribution in [0.5, 0.6) is 0 Å². The molecule has 132 valence electrons. The molecule has 4 heterocycles. The average molecular weight is 360 g/mol. The summed E-state index contributed by atoms with van der Waals surface area (Å²) in [7, 11) is 0. The predicted molar refractivity (Wildman–Crippen MR) is 114 cm³/mol. The van der Waals surface area contributed by atoms with Crippen LogP contribution in [0.2, 0.25) is 0 Å². The van der Waals surface area contributed by atoms with Gasteiger partial charge >= 0.3 is 0 Å². The van der Waals surface area contributed by atoms with E-state index in [0.29, 0.717) is 0 Å². The van der Waals surface area contributed by atoms with Gasteiger partial charge in [-0.1, -0.05) is 24.3 Å². The van der Waals surface area contributed by atoms with Crippen LogP contribution in [0, 0.1) is 0 Å². The van der Waals surface area contributed by atoms with E-state index in [0.717, 1.165) is 43.6 Å². The molecule has 0 spiro atoms. The van der Waals surface area contributed by atoms with Gasteiger partial charge < -0.3 is 0 Å². The Bertz CT molecular complexity index is 1110. The summed E-state index contributed by atoms with van der Waals surface area (Å²) in [5.41, 5.74) is 4.09. The number of pyridine rings is 4. The summed E-state index contributed by atoms with van der Waals surface area (Å²) in [5.74, 6) is 0. The number of aromatic nitrogens is 4. The van der Waals surface area contributed by atoms with Gasteiger partial charge in [0.25, 0.3) is 0 Å². The van der Waals surface area contributed by atoms with Crippen molar-refractivity contribution in [3.8, 4) is 0 Å². The molecule has 0 N–H and O–H groups in total. The van der Waals surface area contributed by atoms with Gasteiger partial charge in [0.05, 0.1) is 22.1 Å². The molecule has 4 aromatic heterocycles. The zero-order chi connectivity index (χ0) is 18.8. The van der Waals surface area contributed by atoms with E-state index in [-0.39, 0.29) is 0 Å². The zero-order valence-corrected chi connectivity index (χ0v) is 15.0. The van der Waals surface area contributed by atoms with Crippen LogP contribution in [0.15, 0.2) is 97.6 Å². The molecule has 0 atom stereocenters. The van der Waals surface area contributed by atoms with Gasteiger partial charge in [0, 0.05) is 46.3 Å². The molecule has 0 aliphatic heterocycles. The van der Waals surface area contributed by atoms with Crippen LogP contribution in [0.25, 0.3) is 43.6 Å². The number of benzene rings is 2. The minimum Gasteiger partial charge on any atom is -0.256 e. The fourth-order valence-corrected chi connectivity index (χ4v) is 3.28. The molecule has 0 radical (unpaired) electrons. The third-order valence-corrected chi connectivity index (χ3v) is 4.65. The molecule has 4 heteroatoms. The molecule has 2 aromatic carbocycles. The van der Waals surface area contributed by atoms with E-state index in [1.807, 2.05) is 49.1 Å². The van der Waals surface area contributed by atoms with Crippen LogP contribution in [0.3, 0.4) is 0 Å². The maximum absolute atomic E-state index is 4.30. The van der Waals surface area contributed by atoms with Crippen LogP contribution >= 0.6 is 0 Å². The van der Waals surface area contributed by atoms with E-state index >= 15 is 0 Å². The van der Waals surface area contributed by atoms with E-state index in [4.69, 9.17) is 0 Å². The SMILES string of the molecule is c1cnc2cc3cccnc3cc2c1.c1cnc2cc3cccnc3cc2c1. The average Bonchev–Trinajstić information content (AvgIpc) is 2.76. The fourth-order valence-electron chi connectivity index (χ4n) is 3.28. The minimum absolute atomic E-state index is 1.02. The van der Waals surface area contributed by atoms with Crippen molar-refractivity contribution in [3.63, 3.8) is 0 Å². The molecule has 0 bridgehead atoms. The first-order valence-electron chi connectivity index (χ1n) is 9.06. The van der Waals surface area contributed by atoms with E-state index in [1.54, 1.807) is 0 Å². The second-order valence-corrected chi connectivity index (χ2v) is 6.49. The van der Waals surface area contributed by atoms with Gasteiger partial charge in [-0.2, -0.15) is 0 Å². The molecule has 28 heavy (non-hydrogen) atoms. The summed E-state index contributed by atoms with van der Waals surface area (Å²) in [6, 6.07) is 24.2. The van der Waals surface area contributed by atoms with E-state index in [2.05, 4.69) is 68.5 Å². The molecule has 0 aliphatic rings. The number of rotatable bonds is 0. The van der Waals surface area contributed by atoms with Crippen molar-refractivity contribution in [1.29, 1.82) is 0 Å². The Kier molecular flexibility index (Phi) is 4.07. The Hall–Kier alpha value is -3.92.